The molecule has 1 rings (SSSR count). The summed E-state index contributed by atoms with van der Waals surface area (Å²) in [6.45, 7) is 2.01. The molecule has 0 N–H and O–H groups in total. The predicted octanol–water partition coefficient (Wildman–Crippen LogP) is 2.60. The molecule has 0 amide bonds. The van der Waals surface area contributed by atoms with Gasteiger partial charge in [-0.25, -0.2) is 0 Å². The summed E-state index contributed by atoms with van der Waals surface area (Å²) in [5, 5.41) is 0. The molecule has 2 nitrogen and oxygen atoms in total. The molecule has 3 heteroatoms. The maximum atomic E-state index is 11.1. The zero-order valence-corrected chi connectivity index (χ0v) is 9.17. The Kier molecular flexibility index (Phi) is 3.48. The number of ether oxygens (including phenoxy) is 1. The molecule has 0 unspecified atom stereocenters. The molecule has 0 bridgehead atoms. The van der Waals surface area contributed by atoms with Crippen molar-refractivity contribution in [2.45, 2.75) is 11.8 Å². The molecule has 13 heavy (non-hydrogen) atoms. The van der Waals surface area contributed by atoms with Crippen LogP contribution in [0.3, 0.4) is 0 Å². The summed E-state index contributed by atoms with van der Waals surface area (Å²) >= 11 is 3.26. The number of hydrogen-bond donors (Lipinski definition) is 0. The molecular weight excluding hydrogens is 232 g/mol. The Morgan fingerprint density at radius 2 is 1.92 bits per heavy atom. The maximum absolute atomic E-state index is 11.1. The summed E-state index contributed by atoms with van der Waals surface area (Å²) in [6, 6.07) is 7.75. The lowest BCUT2D eigenvalue weighted by molar-refractivity contribution is -0.139. The number of hydrogen-bond acceptors (Lipinski definition) is 2. The van der Waals surface area contributed by atoms with E-state index in [0.29, 0.717) is 0 Å². The highest BCUT2D eigenvalue weighted by Gasteiger charge is 2.16. The largest absolute Gasteiger partial charge is 0.468 e. The van der Waals surface area contributed by atoms with Gasteiger partial charge in [-0.05, 0) is 12.5 Å². The number of methoxy groups -OCH3 is 1. The van der Waals surface area contributed by atoms with E-state index >= 15 is 0 Å². The smallest absolute Gasteiger partial charge is 0.323 e. The molecule has 0 aromatic heterocycles. The average Bonchev–Trinajstić information content (AvgIpc) is 2.17. The highest BCUT2D eigenvalue weighted by Crippen LogP contribution is 2.23. The van der Waals surface area contributed by atoms with E-state index in [-0.39, 0.29) is 10.8 Å². The van der Waals surface area contributed by atoms with Gasteiger partial charge in [0, 0.05) is 0 Å². The Hall–Kier alpha value is -0.830. The normalized spacial score (nSPS) is 12.2. The van der Waals surface area contributed by atoms with Crippen LogP contribution in [0.5, 0.6) is 0 Å². The second-order valence-corrected chi connectivity index (χ2v) is 3.71. The van der Waals surface area contributed by atoms with Gasteiger partial charge in [0.2, 0.25) is 0 Å². The molecule has 0 fully saturated rings. The lowest BCUT2D eigenvalue weighted by Gasteiger charge is -2.07. The van der Waals surface area contributed by atoms with E-state index in [0.717, 1.165) is 5.56 Å². The fourth-order valence-electron chi connectivity index (χ4n) is 0.975. The number of esters is 1. The van der Waals surface area contributed by atoms with Crippen molar-refractivity contribution in [2.75, 3.05) is 7.11 Å². The third-order valence-corrected chi connectivity index (χ3v) is 2.68. The zero-order valence-electron chi connectivity index (χ0n) is 7.58. The van der Waals surface area contributed by atoms with Crippen molar-refractivity contribution in [1.82, 2.24) is 0 Å². The molecule has 70 valence electrons. The van der Waals surface area contributed by atoms with Crippen LogP contribution in [-0.2, 0) is 9.53 Å². The van der Waals surface area contributed by atoms with E-state index < -0.39 is 0 Å². The molecule has 1 aromatic rings. The van der Waals surface area contributed by atoms with Gasteiger partial charge in [-0.3, -0.25) is 4.79 Å². The van der Waals surface area contributed by atoms with Gasteiger partial charge in [0.15, 0.2) is 0 Å². The van der Waals surface area contributed by atoms with Crippen molar-refractivity contribution in [3.8, 4) is 0 Å². The van der Waals surface area contributed by atoms with Gasteiger partial charge in [0.25, 0.3) is 0 Å². The molecule has 0 heterocycles. The fraction of sp³-hybridized carbons (Fsp3) is 0.300. The minimum Gasteiger partial charge on any atom is -0.468 e. The van der Waals surface area contributed by atoms with Crippen molar-refractivity contribution in [2.24, 2.45) is 0 Å². The van der Waals surface area contributed by atoms with Crippen LogP contribution in [0.2, 0.25) is 0 Å². The van der Waals surface area contributed by atoms with E-state index in [9.17, 15) is 4.79 Å². The van der Waals surface area contributed by atoms with E-state index in [1.165, 1.54) is 12.7 Å². The highest BCUT2D eigenvalue weighted by molar-refractivity contribution is 9.09. The summed E-state index contributed by atoms with van der Waals surface area (Å²) in [5.41, 5.74) is 2.09. The van der Waals surface area contributed by atoms with Gasteiger partial charge in [-0.1, -0.05) is 45.8 Å². The first-order valence-corrected chi connectivity index (χ1v) is 4.85. The number of rotatable bonds is 2. The van der Waals surface area contributed by atoms with Gasteiger partial charge in [-0.15, -0.1) is 0 Å². The second kappa shape index (κ2) is 4.42. The number of alkyl halides is 1. The van der Waals surface area contributed by atoms with Crippen molar-refractivity contribution in [3.05, 3.63) is 35.4 Å². The number of carbonyl (C=O) groups excluding carboxylic acids is 1. The molecule has 0 saturated heterocycles. The van der Waals surface area contributed by atoms with Crippen molar-refractivity contribution in [1.29, 1.82) is 0 Å². The summed E-state index contributed by atoms with van der Waals surface area (Å²) < 4.78 is 4.61. The Balaban J connectivity index is 2.83. The minimum atomic E-state index is -0.363. The molecule has 0 aliphatic heterocycles. The first-order valence-electron chi connectivity index (χ1n) is 3.93. The summed E-state index contributed by atoms with van der Waals surface area (Å²) in [7, 11) is 1.38. The van der Waals surface area contributed by atoms with Crippen LogP contribution in [0.4, 0.5) is 0 Å². The molecule has 0 spiro atoms. The number of benzene rings is 1. The van der Waals surface area contributed by atoms with Crippen LogP contribution in [0.15, 0.2) is 24.3 Å². The minimum absolute atomic E-state index is 0.274. The second-order valence-electron chi connectivity index (χ2n) is 2.80. The number of carbonyl (C=O) groups is 1. The van der Waals surface area contributed by atoms with E-state index in [4.69, 9.17) is 0 Å². The molecule has 0 aliphatic carbocycles. The van der Waals surface area contributed by atoms with Gasteiger partial charge >= 0.3 is 5.97 Å². The van der Waals surface area contributed by atoms with Crippen LogP contribution < -0.4 is 0 Å². The summed E-state index contributed by atoms with van der Waals surface area (Å²) in [5.74, 6) is -0.274. The van der Waals surface area contributed by atoms with Crippen LogP contribution >= 0.6 is 15.9 Å². The Morgan fingerprint density at radius 1 is 1.38 bits per heavy atom. The van der Waals surface area contributed by atoms with Gasteiger partial charge in [-0.2, -0.15) is 0 Å². The topological polar surface area (TPSA) is 26.3 Å². The third kappa shape index (κ3) is 2.56. The fourth-order valence-corrected chi connectivity index (χ4v) is 1.47. The van der Waals surface area contributed by atoms with Gasteiger partial charge < -0.3 is 4.74 Å². The van der Waals surface area contributed by atoms with Crippen LogP contribution in [0, 0.1) is 6.92 Å². The SMILES string of the molecule is COC(=O)[C@H](Br)c1ccc(C)cc1. The van der Waals surface area contributed by atoms with Crippen LogP contribution in [-0.4, -0.2) is 13.1 Å². The predicted molar refractivity (Wildman–Crippen MR) is 54.9 cm³/mol. The Bertz CT molecular complexity index is 292. The quantitative estimate of drug-likeness (QED) is 0.589. The number of aryl methyl sites for hydroxylation is 1. The monoisotopic (exact) mass is 242 g/mol. The highest BCUT2D eigenvalue weighted by atomic mass is 79.9. The Morgan fingerprint density at radius 3 is 2.38 bits per heavy atom. The lowest BCUT2D eigenvalue weighted by Crippen LogP contribution is -2.07. The van der Waals surface area contributed by atoms with E-state index in [2.05, 4.69) is 20.7 Å². The standard InChI is InChI=1S/C10H11BrO2/c1-7-3-5-8(6-4-7)9(11)10(12)13-2/h3-6,9H,1-2H3/t9-/m1/s1. The average molecular weight is 243 g/mol. The first kappa shape index (κ1) is 10.3. The summed E-state index contributed by atoms with van der Waals surface area (Å²) in [6.07, 6.45) is 0. The molecule has 0 aliphatic rings. The molecular formula is C10H11BrO2. The zero-order chi connectivity index (χ0) is 9.84. The van der Waals surface area contributed by atoms with E-state index in [1.54, 1.807) is 0 Å². The third-order valence-electron chi connectivity index (χ3n) is 1.78. The number of halogens is 1. The summed E-state index contributed by atoms with van der Waals surface area (Å²) in [4.78, 5) is 10.8. The van der Waals surface area contributed by atoms with E-state index in [1.807, 2.05) is 31.2 Å². The van der Waals surface area contributed by atoms with Crippen molar-refractivity contribution >= 4 is 21.9 Å². The lowest BCUT2D eigenvalue weighted by atomic mass is 10.1. The molecule has 1 atom stereocenters. The maximum Gasteiger partial charge on any atom is 0.323 e. The Labute approximate surface area is 86.0 Å². The molecule has 0 saturated carbocycles. The van der Waals surface area contributed by atoms with Crippen LogP contribution in [0.25, 0.3) is 0 Å². The molecule has 1 aromatic carbocycles. The molecule has 0 radical (unpaired) electrons. The van der Waals surface area contributed by atoms with Gasteiger partial charge in [0.05, 0.1) is 7.11 Å². The van der Waals surface area contributed by atoms with Crippen molar-refractivity contribution in [3.63, 3.8) is 0 Å². The van der Waals surface area contributed by atoms with Gasteiger partial charge in [0.1, 0.15) is 4.83 Å². The first-order chi connectivity index (χ1) is 6.15. The van der Waals surface area contributed by atoms with Crippen molar-refractivity contribution < 1.29 is 9.53 Å². The van der Waals surface area contributed by atoms with Crippen LogP contribution in [0.1, 0.15) is 16.0 Å².